The van der Waals surface area contributed by atoms with Crippen LogP contribution < -0.4 is 21.1 Å². The van der Waals surface area contributed by atoms with E-state index in [-0.39, 0.29) is 5.57 Å². The normalized spacial score (nSPS) is 11.3. The molecule has 152 valence electrons. The summed E-state index contributed by atoms with van der Waals surface area (Å²) < 4.78 is 0. The van der Waals surface area contributed by atoms with Crippen molar-refractivity contribution in [3.8, 4) is 12.1 Å². The lowest BCUT2D eigenvalue weighted by molar-refractivity contribution is 0.541. The maximum Gasteiger partial charge on any atom is 0.182 e. The zero-order chi connectivity index (χ0) is 21.2. The van der Waals surface area contributed by atoms with Crippen molar-refractivity contribution in [2.45, 2.75) is 51.1 Å². The summed E-state index contributed by atoms with van der Waals surface area (Å²) in [6, 6.07) is 12.8. The molecule has 0 saturated heterocycles. The predicted molar refractivity (Wildman–Crippen MR) is 118 cm³/mol. The molecule has 0 aromatic heterocycles. The van der Waals surface area contributed by atoms with E-state index in [1.165, 1.54) is 0 Å². The molecule has 0 spiro atoms. The van der Waals surface area contributed by atoms with Crippen molar-refractivity contribution in [3.05, 3.63) is 34.7 Å². The third-order valence-electron chi connectivity index (χ3n) is 4.22. The van der Waals surface area contributed by atoms with Crippen LogP contribution in [-0.4, -0.2) is 39.3 Å². The maximum atomic E-state index is 9.99. The van der Waals surface area contributed by atoms with Gasteiger partial charge in [0.05, 0.1) is 0 Å². The zero-order valence-corrected chi connectivity index (χ0v) is 19.3. The van der Waals surface area contributed by atoms with E-state index in [2.05, 4.69) is 10.6 Å². The number of hydrogen-bond donors (Lipinski definition) is 4. The summed E-state index contributed by atoms with van der Waals surface area (Å²) in [6.45, 7) is 9.24. The largest absolute Gasteiger partial charge is 0.432 e. The smallest absolute Gasteiger partial charge is 0.182 e. The van der Waals surface area contributed by atoms with Crippen molar-refractivity contribution in [3.63, 3.8) is 0 Å². The van der Waals surface area contributed by atoms with Crippen LogP contribution in [0.3, 0.4) is 0 Å². The van der Waals surface area contributed by atoms with Gasteiger partial charge in [0.15, 0.2) is 16.6 Å². The van der Waals surface area contributed by atoms with Crippen LogP contribution in [0.2, 0.25) is 38.3 Å². The predicted octanol–water partition coefficient (Wildman–Crippen LogP) is 1.30. The minimum atomic E-state index is -2.05. The number of nitriles is 2. The molecule has 0 radical (unpaired) electrons. The van der Waals surface area contributed by atoms with Gasteiger partial charge in [-0.2, -0.15) is 10.5 Å². The third-order valence-corrected chi connectivity index (χ3v) is 7.37. The summed E-state index contributed by atoms with van der Waals surface area (Å²) in [7, 11) is -4.09. The minimum Gasteiger partial charge on any atom is -0.432 e. The van der Waals surface area contributed by atoms with Gasteiger partial charge in [0.25, 0.3) is 0 Å². The molecule has 0 heterocycles. The van der Waals surface area contributed by atoms with Gasteiger partial charge in [0.2, 0.25) is 0 Å². The van der Waals surface area contributed by atoms with Crippen LogP contribution in [-0.2, 0) is 0 Å². The van der Waals surface area contributed by atoms with E-state index in [0.29, 0.717) is 5.22 Å². The highest BCUT2D eigenvalue weighted by Crippen LogP contribution is 2.08. The highest BCUT2D eigenvalue weighted by Gasteiger charge is 2.16. The number of nitrogens with zero attached hydrogens (tertiary/aromatic N) is 2. The third kappa shape index (κ3) is 9.72. The van der Waals surface area contributed by atoms with Crippen LogP contribution in [0.4, 0.5) is 0 Å². The average molecular weight is 417 g/mol. The first-order valence-corrected chi connectivity index (χ1v) is 15.9. The van der Waals surface area contributed by atoms with E-state index < -0.39 is 16.6 Å². The Kier molecular flexibility index (Phi) is 9.43. The van der Waals surface area contributed by atoms with Crippen LogP contribution in [0.5, 0.6) is 0 Å². The molecule has 0 saturated carbocycles. The van der Waals surface area contributed by atoms with Gasteiger partial charge in [-0.25, -0.2) is 0 Å². The number of nitrogens with one attached hydrogen (secondary N) is 2. The Hall–Kier alpha value is -2.11. The summed E-state index contributed by atoms with van der Waals surface area (Å²) in [5, 5.41) is 26.4. The fraction of sp³-hybridized carbons (Fsp3) is 0.500. The van der Waals surface area contributed by atoms with Crippen molar-refractivity contribution in [1.82, 2.24) is 10.6 Å². The monoisotopic (exact) mass is 416 g/mol. The molecule has 0 bridgehead atoms. The Morgan fingerprint density at radius 3 is 1.57 bits per heavy atom. The Morgan fingerprint density at radius 1 is 0.821 bits per heavy atom. The summed E-state index contributed by atoms with van der Waals surface area (Å²) in [6.07, 6.45) is 1.77. The highest BCUT2D eigenvalue weighted by molar-refractivity contribution is 6.70. The maximum absolute atomic E-state index is 9.99. The number of benzene rings is 1. The van der Waals surface area contributed by atoms with Gasteiger partial charge in [0, 0.05) is 23.5 Å². The molecule has 0 atom stereocenters. The van der Waals surface area contributed by atoms with E-state index in [9.17, 15) is 9.59 Å². The number of rotatable bonds is 10. The lowest BCUT2D eigenvalue weighted by Gasteiger charge is -2.18. The average Bonchev–Trinajstić information content (AvgIpc) is 2.60. The molecule has 0 fully saturated rings. The molecule has 8 heteroatoms. The summed E-state index contributed by atoms with van der Waals surface area (Å²) >= 11 is 0. The second-order valence-corrected chi connectivity index (χ2v) is 16.5. The Morgan fingerprint density at radius 2 is 1.21 bits per heavy atom. The zero-order valence-electron chi connectivity index (χ0n) is 17.3. The van der Waals surface area contributed by atoms with Gasteiger partial charge in [-0.05, 0) is 51.1 Å². The molecular formula is C20H32N4O2Si2. The fourth-order valence-corrected chi connectivity index (χ4v) is 4.78. The Bertz CT molecular complexity index is 780. The summed E-state index contributed by atoms with van der Waals surface area (Å²) in [5.74, 6) is 0.886. The van der Waals surface area contributed by atoms with Gasteiger partial charge in [-0.15, -0.1) is 0 Å². The minimum absolute atomic E-state index is 0.0966. The van der Waals surface area contributed by atoms with Gasteiger partial charge in [0.1, 0.15) is 23.5 Å². The van der Waals surface area contributed by atoms with Crippen LogP contribution in [0.15, 0.2) is 24.3 Å². The van der Waals surface area contributed by atoms with Crippen molar-refractivity contribution < 1.29 is 9.59 Å². The quantitative estimate of drug-likeness (QED) is 0.338. The first kappa shape index (κ1) is 23.9. The number of hydrogen-bond acceptors (Lipinski definition) is 6. The van der Waals surface area contributed by atoms with Crippen LogP contribution >= 0.6 is 0 Å². The summed E-state index contributed by atoms with van der Waals surface area (Å²) in [4.78, 5) is 20.0. The van der Waals surface area contributed by atoms with Crippen LogP contribution in [0.1, 0.15) is 12.8 Å². The van der Waals surface area contributed by atoms with Crippen molar-refractivity contribution in [2.24, 2.45) is 0 Å². The first-order chi connectivity index (χ1) is 13.1. The molecule has 0 aliphatic heterocycles. The fourth-order valence-electron chi connectivity index (χ4n) is 2.69. The van der Waals surface area contributed by atoms with E-state index >= 15 is 0 Å². The molecule has 4 N–H and O–H groups in total. The lowest BCUT2D eigenvalue weighted by atomic mass is 10.2. The van der Waals surface area contributed by atoms with Gasteiger partial charge < -0.3 is 20.2 Å². The second kappa shape index (κ2) is 11.0. The SMILES string of the molecule is C[Si](C)(O)CCCNC(NCCC[Si](C)(C)O)=c1ccc(=C(C#N)C#N)cc1. The molecule has 6 nitrogen and oxygen atoms in total. The van der Waals surface area contributed by atoms with Gasteiger partial charge in [-0.3, -0.25) is 0 Å². The molecule has 0 aliphatic carbocycles. The van der Waals surface area contributed by atoms with E-state index in [1.807, 2.05) is 50.5 Å². The van der Waals surface area contributed by atoms with E-state index in [1.54, 1.807) is 12.1 Å². The van der Waals surface area contributed by atoms with Crippen LogP contribution in [0.25, 0.3) is 11.4 Å². The molecule has 28 heavy (non-hydrogen) atoms. The van der Waals surface area contributed by atoms with E-state index in [4.69, 9.17) is 10.5 Å². The first-order valence-electron chi connectivity index (χ1n) is 9.63. The van der Waals surface area contributed by atoms with Crippen molar-refractivity contribution in [1.29, 1.82) is 10.5 Å². The molecule has 1 rings (SSSR count). The lowest BCUT2D eigenvalue weighted by Crippen LogP contribution is -2.35. The molecular weight excluding hydrogens is 384 g/mol. The van der Waals surface area contributed by atoms with Crippen molar-refractivity contribution >= 4 is 28.0 Å². The standard InChI is InChI=1S/C20H32N4O2Si2/c1-27(2,25)13-5-11-23-20(24-12-6-14-28(3,4)26)18-9-7-17(8-10-18)19(15-21)16-22/h7-10,23-26H,5-6,11-14H2,1-4H3. The Balaban J connectivity index is 2.95. The van der Waals surface area contributed by atoms with Gasteiger partial charge >= 0.3 is 0 Å². The van der Waals surface area contributed by atoms with E-state index in [0.717, 1.165) is 49.1 Å². The second-order valence-electron chi connectivity index (χ2n) is 8.24. The molecule has 0 unspecified atom stereocenters. The summed E-state index contributed by atoms with van der Waals surface area (Å²) in [5.41, 5.74) is 0.0966. The van der Waals surface area contributed by atoms with Crippen LogP contribution in [0, 0.1) is 22.7 Å². The van der Waals surface area contributed by atoms with Gasteiger partial charge in [-0.1, -0.05) is 24.3 Å². The van der Waals surface area contributed by atoms with Crippen molar-refractivity contribution in [2.75, 3.05) is 13.1 Å². The Labute approximate surface area is 170 Å². The molecule has 0 amide bonds. The molecule has 1 aromatic carbocycles. The highest BCUT2D eigenvalue weighted by atomic mass is 28.4. The molecule has 1 aromatic rings. The topological polar surface area (TPSA) is 112 Å². The molecule has 0 aliphatic rings.